The van der Waals surface area contributed by atoms with E-state index in [0.29, 0.717) is 11.3 Å². The number of carbonyl (C=O) groups is 1. The number of hydrogen-bond acceptors (Lipinski definition) is 4. The van der Waals surface area contributed by atoms with Gasteiger partial charge in [0.15, 0.2) is 0 Å². The van der Waals surface area contributed by atoms with Crippen LogP contribution in [0, 0.1) is 13.8 Å². The molecule has 5 nitrogen and oxygen atoms in total. The van der Waals surface area contributed by atoms with E-state index in [0.717, 1.165) is 11.4 Å². The van der Waals surface area contributed by atoms with Crippen LogP contribution in [0.4, 0.5) is 11.5 Å². The van der Waals surface area contributed by atoms with Crippen LogP contribution in [0.5, 0.6) is 0 Å². The summed E-state index contributed by atoms with van der Waals surface area (Å²) in [6.07, 6.45) is 1.55. The Hall–Kier alpha value is -2.43. The van der Waals surface area contributed by atoms with Crippen LogP contribution in [0.2, 0.25) is 0 Å². The van der Waals surface area contributed by atoms with Crippen LogP contribution in [0.3, 0.4) is 0 Å². The maximum Gasteiger partial charge on any atom is 0.259 e. The van der Waals surface area contributed by atoms with Gasteiger partial charge in [-0.1, -0.05) is 0 Å². The molecule has 0 aliphatic carbocycles. The van der Waals surface area contributed by atoms with Gasteiger partial charge in [-0.05, 0) is 38.1 Å². The van der Waals surface area contributed by atoms with E-state index in [9.17, 15) is 4.79 Å². The Morgan fingerprint density at radius 1 is 1.28 bits per heavy atom. The molecule has 2 heterocycles. The molecule has 2 aromatic rings. The molecule has 0 atom stereocenters. The predicted octanol–water partition coefficient (Wildman–Crippen LogP) is 1.93. The van der Waals surface area contributed by atoms with Crippen LogP contribution in [-0.4, -0.2) is 15.9 Å². The molecule has 0 aliphatic heterocycles. The number of nitrogen functional groups attached to an aromatic ring is 1. The Morgan fingerprint density at radius 2 is 2.06 bits per heavy atom. The summed E-state index contributed by atoms with van der Waals surface area (Å²) in [6.45, 7) is 3.74. The largest absolute Gasteiger partial charge is 0.383 e. The fourth-order valence-corrected chi connectivity index (χ4v) is 1.62. The Labute approximate surface area is 105 Å². The first-order chi connectivity index (χ1) is 8.58. The lowest BCUT2D eigenvalue weighted by atomic mass is 10.2. The van der Waals surface area contributed by atoms with E-state index in [1.165, 1.54) is 0 Å². The zero-order valence-electron chi connectivity index (χ0n) is 10.3. The van der Waals surface area contributed by atoms with Gasteiger partial charge in [0.1, 0.15) is 5.82 Å². The van der Waals surface area contributed by atoms with E-state index < -0.39 is 0 Å². The predicted molar refractivity (Wildman–Crippen MR) is 70.3 cm³/mol. The SMILES string of the molecule is Cc1ccc(NC(=O)c2cccnc2N)c(C)n1. The van der Waals surface area contributed by atoms with Crippen LogP contribution in [-0.2, 0) is 0 Å². The molecule has 0 saturated carbocycles. The average Bonchev–Trinajstić information content (AvgIpc) is 2.33. The van der Waals surface area contributed by atoms with Crippen LogP contribution in [0.15, 0.2) is 30.5 Å². The molecule has 92 valence electrons. The second kappa shape index (κ2) is 4.83. The van der Waals surface area contributed by atoms with E-state index >= 15 is 0 Å². The summed E-state index contributed by atoms with van der Waals surface area (Å²) in [4.78, 5) is 20.2. The lowest BCUT2D eigenvalue weighted by molar-refractivity contribution is 0.102. The van der Waals surface area contributed by atoms with Gasteiger partial charge in [0.05, 0.1) is 16.9 Å². The lowest BCUT2D eigenvalue weighted by Gasteiger charge is -2.09. The second-order valence-corrected chi connectivity index (χ2v) is 3.98. The van der Waals surface area contributed by atoms with Crippen molar-refractivity contribution in [3.63, 3.8) is 0 Å². The van der Waals surface area contributed by atoms with E-state index in [2.05, 4.69) is 15.3 Å². The second-order valence-electron chi connectivity index (χ2n) is 3.98. The summed E-state index contributed by atoms with van der Waals surface area (Å²) < 4.78 is 0. The molecule has 0 aliphatic rings. The van der Waals surface area contributed by atoms with Crippen molar-refractivity contribution in [2.24, 2.45) is 0 Å². The third-order valence-corrected chi connectivity index (χ3v) is 2.56. The van der Waals surface area contributed by atoms with Gasteiger partial charge in [-0.15, -0.1) is 0 Å². The van der Waals surface area contributed by atoms with E-state index in [1.54, 1.807) is 18.3 Å². The van der Waals surface area contributed by atoms with Gasteiger partial charge in [0.25, 0.3) is 5.91 Å². The number of nitrogens with one attached hydrogen (secondary N) is 1. The van der Waals surface area contributed by atoms with Gasteiger partial charge in [-0.25, -0.2) is 4.98 Å². The van der Waals surface area contributed by atoms with Gasteiger partial charge in [-0.3, -0.25) is 9.78 Å². The normalized spacial score (nSPS) is 10.1. The first-order valence-corrected chi connectivity index (χ1v) is 5.54. The molecule has 0 radical (unpaired) electrons. The van der Waals surface area contributed by atoms with Gasteiger partial charge < -0.3 is 11.1 Å². The Kier molecular flexibility index (Phi) is 3.23. The Morgan fingerprint density at radius 3 is 2.72 bits per heavy atom. The molecule has 0 spiro atoms. The van der Waals surface area contributed by atoms with Crippen molar-refractivity contribution in [3.05, 3.63) is 47.4 Å². The summed E-state index contributed by atoms with van der Waals surface area (Å²) in [6, 6.07) is 6.97. The summed E-state index contributed by atoms with van der Waals surface area (Å²) >= 11 is 0. The van der Waals surface area contributed by atoms with Crippen molar-refractivity contribution in [3.8, 4) is 0 Å². The fraction of sp³-hybridized carbons (Fsp3) is 0.154. The minimum absolute atomic E-state index is 0.215. The molecule has 0 unspecified atom stereocenters. The van der Waals surface area contributed by atoms with Crippen LogP contribution in [0.1, 0.15) is 21.7 Å². The lowest BCUT2D eigenvalue weighted by Crippen LogP contribution is -2.15. The van der Waals surface area contributed by atoms with Crippen molar-refractivity contribution in [1.82, 2.24) is 9.97 Å². The Bertz CT molecular complexity index is 595. The summed E-state index contributed by atoms with van der Waals surface area (Å²) in [7, 11) is 0. The van der Waals surface area contributed by atoms with E-state index in [-0.39, 0.29) is 11.7 Å². The maximum absolute atomic E-state index is 12.0. The first kappa shape index (κ1) is 12.0. The number of aryl methyl sites for hydroxylation is 2. The van der Waals surface area contributed by atoms with Crippen LogP contribution < -0.4 is 11.1 Å². The van der Waals surface area contributed by atoms with Crippen molar-refractivity contribution < 1.29 is 4.79 Å². The highest BCUT2D eigenvalue weighted by Gasteiger charge is 2.11. The van der Waals surface area contributed by atoms with Crippen LogP contribution in [0.25, 0.3) is 0 Å². The topological polar surface area (TPSA) is 80.9 Å². The first-order valence-electron chi connectivity index (χ1n) is 5.54. The highest BCUT2D eigenvalue weighted by atomic mass is 16.1. The molecule has 0 fully saturated rings. The van der Waals surface area contributed by atoms with Gasteiger partial charge in [-0.2, -0.15) is 0 Å². The number of hydrogen-bond donors (Lipinski definition) is 2. The molecule has 0 aromatic carbocycles. The van der Waals surface area contributed by atoms with Gasteiger partial charge in [0.2, 0.25) is 0 Å². The number of pyridine rings is 2. The molecule has 3 N–H and O–H groups in total. The van der Waals surface area contributed by atoms with Gasteiger partial charge in [0, 0.05) is 11.9 Å². The number of rotatable bonds is 2. The molecule has 0 bridgehead atoms. The standard InChI is InChI=1S/C13H14N4O/c1-8-5-6-11(9(2)16-8)17-13(18)10-4-3-7-15-12(10)14/h3-7H,1-2H3,(H2,14,15)(H,17,18). The minimum atomic E-state index is -0.283. The van der Waals surface area contributed by atoms with E-state index in [4.69, 9.17) is 5.73 Å². The number of anilines is 2. The molecule has 5 heteroatoms. The van der Waals surface area contributed by atoms with E-state index in [1.807, 2.05) is 26.0 Å². The molecule has 1 amide bonds. The third-order valence-electron chi connectivity index (χ3n) is 2.56. The average molecular weight is 242 g/mol. The van der Waals surface area contributed by atoms with Crippen molar-refractivity contribution in [2.75, 3.05) is 11.1 Å². The highest BCUT2D eigenvalue weighted by Crippen LogP contribution is 2.15. The molecule has 0 saturated heterocycles. The monoisotopic (exact) mass is 242 g/mol. The number of nitrogens with two attached hydrogens (primary N) is 1. The highest BCUT2D eigenvalue weighted by molar-refractivity contribution is 6.07. The van der Waals surface area contributed by atoms with Crippen molar-refractivity contribution in [1.29, 1.82) is 0 Å². The third kappa shape index (κ3) is 2.45. The molecular formula is C13H14N4O. The number of nitrogens with zero attached hydrogens (tertiary/aromatic N) is 2. The zero-order valence-corrected chi connectivity index (χ0v) is 10.3. The minimum Gasteiger partial charge on any atom is -0.383 e. The molecule has 18 heavy (non-hydrogen) atoms. The van der Waals surface area contributed by atoms with Crippen LogP contribution >= 0.6 is 0 Å². The molecule has 2 rings (SSSR count). The smallest absolute Gasteiger partial charge is 0.259 e. The Balaban J connectivity index is 2.24. The van der Waals surface area contributed by atoms with Gasteiger partial charge >= 0.3 is 0 Å². The van der Waals surface area contributed by atoms with Crippen molar-refractivity contribution in [2.45, 2.75) is 13.8 Å². The number of carbonyl (C=O) groups excluding carboxylic acids is 1. The maximum atomic E-state index is 12.0. The van der Waals surface area contributed by atoms with Crippen molar-refractivity contribution >= 4 is 17.4 Å². The molecule has 2 aromatic heterocycles. The quantitative estimate of drug-likeness (QED) is 0.843. The molecular weight excluding hydrogens is 228 g/mol. The zero-order chi connectivity index (χ0) is 13.1. The fourth-order valence-electron chi connectivity index (χ4n) is 1.62. The number of amides is 1. The summed E-state index contributed by atoms with van der Waals surface area (Å²) in [5.74, 6) is -0.0675. The summed E-state index contributed by atoms with van der Waals surface area (Å²) in [5.41, 5.74) is 8.36. The number of aromatic nitrogens is 2. The summed E-state index contributed by atoms with van der Waals surface area (Å²) in [5, 5.41) is 2.77.